The molecule has 0 aromatic heterocycles. The summed E-state index contributed by atoms with van der Waals surface area (Å²) in [5, 5.41) is 5.63. The third kappa shape index (κ3) is 5.75. The van der Waals surface area contributed by atoms with Gasteiger partial charge in [0.2, 0.25) is 0 Å². The van der Waals surface area contributed by atoms with Gasteiger partial charge in [-0.3, -0.25) is 9.59 Å². The highest BCUT2D eigenvalue weighted by atomic mass is 19.1. The van der Waals surface area contributed by atoms with Gasteiger partial charge in [-0.25, -0.2) is 4.39 Å². The van der Waals surface area contributed by atoms with E-state index in [4.69, 9.17) is 0 Å². The Labute approximate surface area is 169 Å². The van der Waals surface area contributed by atoms with E-state index in [1.54, 1.807) is 42.5 Å². The van der Waals surface area contributed by atoms with Crippen LogP contribution in [0.1, 0.15) is 37.4 Å². The molecule has 0 radical (unpaired) electrons. The summed E-state index contributed by atoms with van der Waals surface area (Å²) in [5.41, 5.74) is 3.69. The van der Waals surface area contributed by atoms with E-state index in [-0.39, 0.29) is 17.6 Å². The minimum absolute atomic E-state index is 0.197. The van der Waals surface area contributed by atoms with Crippen LogP contribution in [0.15, 0.2) is 72.8 Å². The molecule has 0 aliphatic heterocycles. The van der Waals surface area contributed by atoms with Gasteiger partial charge >= 0.3 is 0 Å². The van der Waals surface area contributed by atoms with Crippen LogP contribution < -0.4 is 10.6 Å². The molecule has 0 atom stereocenters. The van der Waals surface area contributed by atoms with E-state index in [0.717, 1.165) is 5.56 Å². The summed E-state index contributed by atoms with van der Waals surface area (Å²) in [6, 6.07) is 20.9. The van der Waals surface area contributed by atoms with Crippen LogP contribution in [0.4, 0.5) is 4.39 Å². The van der Waals surface area contributed by atoms with Crippen molar-refractivity contribution in [2.45, 2.75) is 19.9 Å². The molecule has 4 nitrogen and oxygen atoms in total. The molecular formula is C24H23FN2O2. The molecular weight excluding hydrogens is 367 g/mol. The van der Waals surface area contributed by atoms with Crippen LogP contribution in [0.25, 0.3) is 0 Å². The fourth-order valence-electron chi connectivity index (χ4n) is 2.88. The van der Waals surface area contributed by atoms with E-state index in [0.29, 0.717) is 36.2 Å². The van der Waals surface area contributed by atoms with Crippen LogP contribution in [-0.4, -0.2) is 18.4 Å². The van der Waals surface area contributed by atoms with Gasteiger partial charge in [0.1, 0.15) is 5.82 Å². The smallest absolute Gasteiger partial charge is 0.251 e. The van der Waals surface area contributed by atoms with Gasteiger partial charge in [0.05, 0.1) is 0 Å². The fourth-order valence-corrected chi connectivity index (χ4v) is 2.88. The zero-order valence-corrected chi connectivity index (χ0v) is 16.2. The summed E-state index contributed by atoms with van der Waals surface area (Å²) in [6.45, 7) is 2.79. The summed E-state index contributed by atoms with van der Waals surface area (Å²) in [6.07, 6.45) is 0.415. The number of amides is 2. The SMILES string of the molecule is Cc1ccc(CNC(=O)c2ccc(C(=O)NCCc3ccccc3F)cc2)cc1. The van der Waals surface area contributed by atoms with Crippen molar-refractivity contribution in [3.8, 4) is 0 Å². The summed E-state index contributed by atoms with van der Waals surface area (Å²) < 4.78 is 13.6. The van der Waals surface area contributed by atoms with Gasteiger partial charge < -0.3 is 10.6 Å². The first-order chi connectivity index (χ1) is 14.0. The number of rotatable bonds is 7. The van der Waals surface area contributed by atoms with E-state index in [1.807, 2.05) is 31.2 Å². The largest absolute Gasteiger partial charge is 0.352 e. The lowest BCUT2D eigenvalue weighted by Crippen LogP contribution is -2.26. The highest BCUT2D eigenvalue weighted by Crippen LogP contribution is 2.08. The van der Waals surface area contributed by atoms with Crippen LogP contribution >= 0.6 is 0 Å². The van der Waals surface area contributed by atoms with E-state index in [1.165, 1.54) is 11.6 Å². The Bertz CT molecular complexity index is 983. The third-order valence-corrected chi connectivity index (χ3v) is 4.62. The van der Waals surface area contributed by atoms with Gasteiger partial charge in [-0.1, -0.05) is 48.0 Å². The predicted molar refractivity (Wildman–Crippen MR) is 111 cm³/mol. The Morgan fingerprint density at radius 3 is 2.00 bits per heavy atom. The lowest BCUT2D eigenvalue weighted by Gasteiger charge is -2.08. The Morgan fingerprint density at radius 1 is 0.793 bits per heavy atom. The fraction of sp³-hybridized carbons (Fsp3) is 0.167. The van der Waals surface area contributed by atoms with Gasteiger partial charge in [0.15, 0.2) is 0 Å². The molecule has 0 fully saturated rings. The molecule has 0 saturated carbocycles. The first-order valence-corrected chi connectivity index (χ1v) is 9.48. The van der Waals surface area contributed by atoms with Crippen LogP contribution in [0.5, 0.6) is 0 Å². The van der Waals surface area contributed by atoms with Gasteiger partial charge in [0, 0.05) is 24.2 Å². The van der Waals surface area contributed by atoms with Crippen molar-refractivity contribution < 1.29 is 14.0 Å². The average Bonchev–Trinajstić information content (AvgIpc) is 2.74. The number of hydrogen-bond donors (Lipinski definition) is 2. The molecule has 5 heteroatoms. The lowest BCUT2D eigenvalue weighted by atomic mass is 10.1. The second-order valence-electron chi connectivity index (χ2n) is 6.84. The monoisotopic (exact) mass is 390 g/mol. The van der Waals surface area contributed by atoms with Gasteiger partial charge in [-0.05, 0) is 54.8 Å². The molecule has 0 heterocycles. The molecule has 0 spiro atoms. The van der Waals surface area contributed by atoms with E-state index >= 15 is 0 Å². The van der Waals surface area contributed by atoms with Gasteiger partial charge in [-0.2, -0.15) is 0 Å². The summed E-state index contributed by atoms with van der Waals surface area (Å²) in [4.78, 5) is 24.5. The van der Waals surface area contributed by atoms with Crippen molar-refractivity contribution in [2.75, 3.05) is 6.54 Å². The number of carbonyl (C=O) groups excluding carboxylic acids is 2. The number of nitrogens with one attached hydrogen (secondary N) is 2. The van der Waals surface area contributed by atoms with E-state index in [9.17, 15) is 14.0 Å². The van der Waals surface area contributed by atoms with Crippen molar-refractivity contribution in [3.05, 3.63) is 106 Å². The zero-order chi connectivity index (χ0) is 20.6. The van der Waals surface area contributed by atoms with Crippen molar-refractivity contribution in [1.82, 2.24) is 10.6 Å². The molecule has 148 valence electrons. The molecule has 0 aliphatic carbocycles. The van der Waals surface area contributed by atoms with E-state index in [2.05, 4.69) is 10.6 Å². The molecule has 3 rings (SSSR count). The molecule has 0 bridgehead atoms. The quantitative estimate of drug-likeness (QED) is 0.640. The van der Waals surface area contributed by atoms with E-state index < -0.39 is 0 Å². The van der Waals surface area contributed by atoms with Crippen molar-refractivity contribution >= 4 is 11.8 Å². The molecule has 2 N–H and O–H groups in total. The molecule has 3 aromatic rings. The number of halogens is 1. The molecule has 29 heavy (non-hydrogen) atoms. The second-order valence-corrected chi connectivity index (χ2v) is 6.84. The molecule has 2 amide bonds. The minimum atomic E-state index is -0.275. The molecule has 0 unspecified atom stereocenters. The van der Waals surface area contributed by atoms with Crippen LogP contribution in [0, 0.1) is 12.7 Å². The lowest BCUT2D eigenvalue weighted by molar-refractivity contribution is 0.0940. The zero-order valence-electron chi connectivity index (χ0n) is 16.2. The first kappa shape index (κ1) is 20.3. The topological polar surface area (TPSA) is 58.2 Å². The van der Waals surface area contributed by atoms with Crippen molar-refractivity contribution in [1.29, 1.82) is 0 Å². The van der Waals surface area contributed by atoms with Crippen LogP contribution in [-0.2, 0) is 13.0 Å². The number of aryl methyl sites for hydroxylation is 1. The maximum Gasteiger partial charge on any atom is 0.251 e. The highest BCUT2D eigenvalue weighted by Gasteiger charge is 2.09. The normalized spacial score (nSPS) is 10.4. The number of carbonyl (C=O) groups is 2. The Balaban J connectivity index is 1.49. The maximum atomic E-state index is 13.6. The Hall–Kier alpha value is -3.47. The van der Waals surface area contributed by atoms with Crippen LogP contribution in [0.2, 0.25) is 0 Å². The maximum absolute atomic E-state index is 13.6. The summed E-state index contributed by atoms with van der Waals surface area (Å²) in [7, 11) is 0. The Morgan fingerprint density at radius 2 is 1.38 bits per heavy atom. The molecule has 0 aliphatic rings. The Kier molecular flexibility index (Phi) is 6.74. The van der Waals surface area contributed by atoms with Gasteiger partial charge in [-0.15, -0.1) is 0 Å². The summed E-state index contributed by atoms with van der Waals surface area (Å²) >= 11 is 0. The number of hydrogen-bond acceptors (Lipinski definition) is 2. The first-order valence-electron chi connectivity index (χ1n) is 9.48. The summed E-state index contributed by atoms with van der Waals surface area (Å²) in [5.74, 6) is -0.729. The predicted octanol–water partition coefficient (Wildman–Crippen LogP) is 4.04. The standard InChI is InChI=1S/C24H23FN2O2/c1-17-6-8-18(9-7-17)16-27-24(29)21-12-10-20(11-13-21)23(28)26-15-14-19-4-2-3-5-22(19)25/h2-13H,14-16H2,1H3,(H,26,28)(H,27,29). The minimum Gasteiger partial charge on any atom is -0.352 e. The molecule has 0 saturated heterocycles. The average molecular weight is 390 g/mol. The van der Waals surface area contributed by atoms with Gasteiger partial charge in [0.25, 0.3) is 11.8 Å². The van der Waals surface area contributed by atoms with Crippen molar-refractivity contribution in [3.63, 3.8) is 0 Å². The van der Waals surface area contributed by atoms with Crippen molar-refractivity contribution in [2.24, 2.45) is 0 Å². The molecule has 3 aromatic carbocycles. The van der Waals surface area contributed by atoms with Crippen LogP contribution in [0.3, 0.4) is 0 Å². The number of benzene rings is 3. The third-order valence-electron chi connectivity index (χ3n) is 4.62. The second kappa shape index (κ2) is 9.64. The highest BCUT2D eigenvalue weighted by molar-refractivity contribution is 5.97.